The van der Waals surface area contributed by atoms with Crippen molar-refractivity contribution in [2.75, 3.05) is 26.4 Å². The van der Waals surface area contributed by atoms with Crippen LogP contribution in [0.5, 0.6) is 0 Å². The molecule has 490 valence electrons. The average molecular weight is 1190 g/mol. The molecule has 3 fully saturated rings. The molecule has 0 radical (unpaired) electrons. The van der Waals surface area contributed by atoms with Crippen LogP contribution in [0, 0.1) is 0 Å². The number of carbonyl (C=O) groups excluding carboxylic acids is 1. The summed E-state index contributed by atoms with van der Waals surface area (Å²) in [4.78, 5) is 13.3. The van der Waals surface area contributed by atoms with Gasteiger partial charge in [-0.25, -0.2) is 0 Å². The van der Waals surface area contributed by atoms with Crippen LogP contribution in [-0.2, 0) is 33.2 Å². The van der Waals surface area contributed by atoms with E-state index in [1.54, 1.807) is 0 Å². The van der Waals surface area contributed by atoms with Crippen LogP contribution in [0.25, 0.3) is 0 Å². The van der Waals surface area contributed by atoms with Gasteiger partial charge >= 0.3 is 0 Å². The minimum absolute atomic E-state index is 0.243. The zero-order chi connectivity index (χ0) is 60.5. The molecule has 0 aromatic rings. The van der Waals surface area contributed by atoms with Crippen molar-refractivity contribution in [3.05, 3.63) is 12.2 Å². The number of hydrogen-bond donors (Lipinski definition) is 12. The molecule has 19 nitrogen and oxygen atoms in total. The van der Waals surface area contributed by atoms with Gasteiger partial charge in [-0.2, -0.15) is 0 Å². The number of aliphatic hydroxyl groups excluding tert-OH is 11. The van der Waals surface area contributed by atoms with E-state index in [2.05, 4.69) is 31.3 Å². The highest BCUT2D eigenvalue weighted by atomic mass is 16.8. The largest absolute Gasteiger partial charge is 0.394 e. The number of allylic oxidation sites excluding steroid dienone is 2. The summed E-state index contributed by atoms with van der Waals surface area (Å²) in [5.41, 5.74) is 0. The van der Waals surface area contributed by atoms with Crippen LogP contribution in [0.4, 0.5) is 0 Å². The summed E-state index contributed by atoms with van der Waals surface area (Å²) in [5, 5.41) is 120. The lowest BCUT2D eigenvalue weighted by molar-refractivity contribution is -0.379. The van der Waals surface area contributed by atoms with Crippen LogP contribution >= 0.6 is 0 Å². The summed E-state index contributed by atoms with van der Waals surface area (Å²) in [6.07, 6.45) is 23.7. The number of unbranched alkanes of at least 4 members (excludes halogenated alkanes) is 33. The van der Waals surface area contributed by atoms with Crippen LogP contribution in [0.1, 0.15) is 258 Å². The smallest absolute Gasteiger partial charge is 0.220 e. The van der Waals surface area contributed by atoms with Gasteiger partial charge in [0.05, 0.1) is 38.6 Å². The summed E-state index contributed by atoms with van der Waals surface area (Å²) in [5.74, 6) is -0.243. The third-order valence-corrected chi connectivity index (χ3v) is 17.1. The van der Waals surface area contributed by atoms with Crippen molar-refractivity contribution in [3.8, 4) is 0 Å². The van der Waals surface area contributed by atoms with Gasteiger partial charge in [-0.05, 0) is 38.5 Å². The summed E-state index contributed by atoms with van der Waals surface area (Å²) in [7, 11) is 0. The van der Waals surface area contributed by atoms with Crippen molar-refractivity contribution in [2.24, 2.45) is 0 Å². The number of hydrogen-bond acceptors (Lipinski definition) is 18. The van der Waals surface area contributed by atoms with E-state index in [1.165, 1.54) is 167 Å². The molecule has 1 amide bonds. The fraction of sp³-hybridized carbons (Fsp3) is 0.953. The monoisotopic (exact) mass is 1190 g/mol. The van der Waals surface area contributed by atoms with Gasteiger partial charge < -0.3 is 89.9 Å². The van der Waals surface area contributed by atoms with Gasteiger partial charge in [0.2, 0.25) is 5.91 Å². The van der Waals surface area contributed by atoms with Crippen LogP contribution < -0.4 is 5.32 Å². The summed E-state index contributed by atoms with van der Waals surface area (Å²) >= 11 is 0. The van der Waals surface area contributed by atoms with Gasteiger partial charge in [-0.3, -0.25) is 4.79 Å². The van der Waals surface area contributed by atoms with Gasteiger partial charge in [0.15, 0.2) is 18.9 Å². The quantitative estimate of drug-likeness (QED) is 0.0205. The standard InChI is InChI=1S/C64H121NO18/c1-3-5-7-9-11-12-13-14-15-16-17-18-19-20-21-22-23-24-25-26-27-28-29-30-31-32-33-34-36-38-40-42-52(70)65-47(48(69)41-39-37-35-10-8-6-4-2)46-78-62-58(76)55(73)60(50(44-67)80-62)83-64-59(77)56(74)61(51(45-68)81-64)82-63-57(75)54(72)53(71)49(43-66)79-63/h16-17,47-51,53-64,66-69,71-77H,3-15,18-46H2,1-2H3,(H,65,70)/b17-16-. The van der Waals surface area contributed by atoms with Crippen molar-refractivity contribution in [1.29, 1.82) is 0 Å². The minimum atomic E-state index is -1.97. The number of carbonyl (C=O) groups is 1. The fourth-order valence-electron chi connectivity index (χ4n) is 11.6. The predicted molar refractivity (Wildman–Crippen MR) is 319 cm³/mol. The second-order valence-corrected chi connectivity index (χ2v) is 24.3. The second-order valence-electron chi connectivity index (χ2n) is 24.3. The minimum Gasteiger partial charge on any atom is -0.394 e. The Kier molecular flexibility index (Phi) is 43.4. The molecule has 3 heterocycles. The molecule has 0 aliphatic carbocycles. The fourth-order valence-corrected chi connectivity index (χ4v) is 11.6. The normalized spacial score (nSPS) is 29.4. The highest BCUT2D eigenvalue weighted by molar-refractivity contribution is 5.76. The molecule has 17 unspecified atom stereocenters. The molecule has 19 heteroatoms. The molecule has 17 atom stereocenters. The van der Waals surface area contributed by atoms with Crippen LogP contribution in [-0.4, -0.2) is 193 Å². The second kappa shape index (κ2) is 47.5. The van der Waals surface area contributed by atoms with E-state index in [1.807, 2.05) is 0 Å². The molecule has 0 bridgehead atoms. The summed E-state index contributed by atoms with van der Waals surface area (Å²) < 4.78 is 34.2. The summed E-state index contributed by atoms with van der Waals surface area (Å²) in [6, 6.07) is -0.880. The highest BCUT2D eigenvalue weighted by Crippen LogP contribution is 2.33. The Labute approximate surface area is 499 Å². The van der Waals surface area contributed by atoms with Crippen molar-refractivity contribution in [1.82, 2.24) is 5.32 Å². The Morgan fingerprint density at radius 2 is 0.759 bits per heavy atom. The van der Waals surface area contributed by atoms with Crippen molar-refractivity contribution >= 4 is 5.91 Å². The van der Waals surface area contributed by atoms with Gasteiger partial charge in [0.1, 0.15) is 73.2 Å². The van der Waals surface area contributed by atoms with Gasteiger partial charge in [0, 0.05) is 6.42 Å². The first-order valence-electron chi connectivity index (χ1n) is 33.4. The topological polar surface area (TPSA) is 307 Å². The molecule has 0 spiro atoms. The molecule has 0 saturated carbocycles. The van der Waals surface area contributed by atoms with E-state index in [0.717, 1.165) is 57.8 Å². The third-order valence-electron chi connectivity index (χ3n) is 17.1. The maximum absolute atomic E-state index is 13.3. The SMILES string of the molecule is CCCCCCCCCC/C=C\CCCCCCCCCCCCCCCCCCCCCC(=O)NC(COC1OC(CO)C(OC2OC(CO)C(OC3OC(CO)C(O)C(O)C3O)C(O)C2O)C(O)C1O)C(O)CCCCCCCCC. The van der Waals surface area contributed by atoms with Crippen molar-refractivity contribution < 1.29 is 89.4 Å². The zero-order valence-corrected chi connectivity index (χ0v) is 51.4. The van der Waals surface area contributed by atoms with Crippen molar-refractivity contribution in [3.63, 3.8) is 0 Å². The van der Waals surface area contributed by atoms with E-state index in [0.29, 0.717) is 12.8 Å². The number of rotatable bonds is 51. The molecule has 3 aliphatic rings. The lowest BCUT2D eigenvalue weighted by atomic mass is 9.96. The molecule has 3 aliphatic heterocycles. The zero-order valence-electron chi connectivity index (χ0n) is 51.4. The Balaban J connectivity index is 1.31. The molecule has 0 aromatic carbocycles. The molecule has 12 N–H and O–H groups in total. The van der Waals surface area contributed by atoms with Gasteiger partial charge in [-0.15, -0.1) is 0 Å². The van der Waals surface area contributed by atoms with Gasteiger partial charge in [0.25, 0.3) is 0 Å². The number of aliphatic hydroxyl groups is 11. The first-order chi connectivity index (χ1) is 40.3. The Morgan fingerprint density at radius 1 is 0.422 bits per heavy atom. The van der Waals surface area contributed by atoms with Gasteiger partial charge in [-0.1, -0.05) is 225 Å². The predicted octanol–water partition coefficient (Wildman–Crippen LogP) is 7.72. The number of nitrogens with one attached hydrogen (secondary N) is 1. The average Bonchev–Trinajstić information content (AvgIpc) is 3.69. The molecule has 3 saturated heterocycles. The third kappa shape index (κ3) is 30.5. The van der Waals surface area contributed by atoms with E-state index in [4.69, 9.17) is 28.4 Å². The lowest BCUT2D eigenvalue weighted by Gasteiger charge is -2.48. The van der Waals surface area contributed by atoms with E-state index >= 15 is 0 Å². The maximum atomic E-state index is 13.3. The molecular formula is C64H121NO18. The first kappa shape index (κ1) is 75.8. The molecular weight excluding hydrogens is 1070 g/mol. The Bertz CT molecular complexity index is 1560. The van der Waals surface area contributed by atoms with Crippen LogP contribution in [0.15, 0.2) is 12.2 Å². The van der Waals surface area contributed by atoms with E-state index in [-0.39, 0.29) is 18.9 Å². The molecule has 0 aromatic heterocycles. The van der Waals surface area contributed by atoms with Crippen LogP contribution in [0.2, 0.25) is 0 Å². The van der Waals surface area contributed by atoms with E-state index in [9.17, 15) is 61.0 Å². The highest BCUT2D eigenvalue weighted by Gasteiger charge is 2.53. The first-order valence-corrected chi connectivity index (χ1v) is 33.4. The van der Waals surface area contributed by atoms with E-state index < -0.39 is 124 Å². The van der Waals surface area contributed by atoms with Crippen molar-refractivity contribution in [2.45, 2.75) is 362 Å². The Hall–Kier alpha value is -1.47. The molecule has 3 rings (SSSR count). The maximum Gasteiger partial charge on any atom is 0.220 e. The molecule has 83 heavy (non-hydrogen) atoms. The lowest BCUT2D eigenvalue weighted by Crippen LogP contribution is -2.66. The summed E-state index contributed by atoms with van der Waals surface area (Å²) in [6.45, 7) is 1.75. The van der Waals surface area contributed by atoms with Crippen LogP contribution in [0.3, 0.4) is 0 Å². The Morgan fingerprint density at radius 3 is 1.17 bits per heavy atom. The number of ether oxygens (including phenoxy) is 6. The number of amides is 1.